The van der Waals surface area contributed by atoms with E-state index in [2.05, 4.69) is 13.8 Å². The van der Waals surface area contributed by atoms with Crippen molar-refractivity contribution in [1.29, 1.82) is 0 Å². The standard InChI is InChI=1S/C21H32O3/c1-13(22)24-16-6-9-21(3)14(10-16)4-5-17-18(21)7-8-20(2)12-15(23)11-19(17)20/h14,16-19H,4-12H2,1-3H3/t14-,16+,17+,18-,19-,20+,21-/m1/s1. The Labute approximate surface area is 145 Å². The summed E-state index contributed by atoms with van der Waals surface area (Å²) in [6.45, 7) is 6.42. The Kier molecular flexibility index (Phi) is 3.85. The zero-order chi connectivity index (χ0) is 17.1. The van der Waals surface area contributed by atoms with Gasteiger partial charge in [-0.3, -0.25) is 9.59 Å². The molecule has 24 heavy (non-hydrogen) atoms. The van der Waals surface area contributed by atoms with Gasteiger partial charge in [0, 0.05) is 19.8 Å². The Balaban J connectivity index is 1.54. The summed E-state index contributed by atoms with van der Waals surface area (Å²) < 4.78 is 5.54. The van der Waals surface area contributed by atoms with Crippen LogP contribution < -0.4 is 0 Å². The number of Topliss-reactive ketones (excluding diaryl/α,β-unsaturated/α-hetero) is 1. The molecular weight excluding hydrogens is 300 g/mol. The summed E-state index contributed by atoms with van der Waals surface area (Å²) in [5, 5.41) is 0. The Bertz CT molecular complexity index is 555. The average Bonchev–Trinajstić information content (AvgIpc) is 2.81. The topological polar surface area (TPSA) is 43.4 Å². The van der Waals surface area contributed by atoms with Gasteiger partial charge in [-0.15, -0.1) is 0 Å². The summed E-state index contributed by atoms with van der Waals surface area (Å²) in [5.41, 5.74) is 0.683. The molecule has 0 N–H and O–H groups in total. The monoisotopic (exact) mass is 332 g/mol. The first-order valence-electron chi connectivity index (χ1n) is 10.0. The normalized spacial score (nSPS) is 50.6. The van der Waals surface area contributed by atoms with Crippen molar-refractivity contribution in [1.82, 2.24) is 0 Å². The lowest BCUT2D eigenvalue weighted by Crippen LogP contribution is -2.53. The van der Waals surface area contributed by atoms with E-state index in [4.69, 9.17) is 4.74 Å². The van der Waals surface area contributed by atoms with Crippen molar-refractivity contribution in [3.05, 3.63) is 0 Å². The summed E-state index contributed by atoms with van der Waals surface area (Å²) in [6.07, 6.45) is 10.2. The maximum Gasteiger partial charge on any atom is 0.302 e. The summed E-state index contributed by atoms with van der Waals surface area (Å²) in [7, 11) is 0. The predicted octanol–water partition coefficient (Wildman–Crippen LogP) is 4.53. The smallest absolute Gasteiger partial charge is 0.302 e. The van der Waals surface area contributed by atoms with Crippen molar-refractivity contribution in [2.45, 2.75) is 84.7 Å². The maximum atomic E-state index is 12.1. The van der Waals surface area contributed by atoms with Crippen molar-refractivity contribution in [2.75, 3.05) is 0 Å². The average molecular weight is 332 g/mol. The van der Waals surface area contributed by atoms with Crippen LogP contribution in [0.1, 0.15) is 78.6 Å². The van der Waals surface area contributed by atoms with E-state index in [-0.39, 0.29) is 17.5 Å². The van der Waals surface area contributed by atoms with E-state index >= 15 is 0 Å². The van der Waals surface area contributed by atoms with Gasteiger partial charge in [0.25, 0.3) is 0 Å². The van der Waals surface area contributed by atoms with Crippen LogP contribution in [-0.2, 0) is 14.3 Å². The number of esters is 1. The zero-order valence-electron chi connectivity index (χ0n) is 15.5. The molecule has 0 aromatic carbocycles. The van der Waals surface area contributed by atoms with Gasteiger partial charge in [-0.25, -0.2) is 0 Å². The van der Waals surface area contributed by atoms with E-state index in [0.29, 0.717) is 23.0 Å². The first kappa shape index (κ1) is 16.6. The fourth-order valence-electron chi connectivity index (χ4n) is 7.34. The lowest BCUT2D eigenvalue weighted by atomic mass is 9.45. The Hall–Kier alpha value is -0.860. The van der Waals surface area contributed by atoms with Crippen LogP contribution in [0.3, 0.4) is 0 Å². The summed E-state index contributed by atoms with van der Waals surface area (Å²) in [5.74, 6) is 3.23. The van der Waals surface area contributed by atoms with Gasteiger partial charge in [0.2, 0.25) is 0 Å². The summed E-state index contributed by atoms with van der Waals surface area (Å²) in [4.78, 5) is 23.5. The van der Waals surface area contributed by atoms with Crippen LogP contribution >= 0.6 is 0 Å². The minimum atomic E-state index is -0.129. The Morgan fingerprint density at radius 3 is 2.62 bits per heavy atom. The summed E-state index contributed by atoms with van der Waals surface area (Å²) in [6, 6.07) is 0. The molecule has 3 heteroatoms. The molecule has 0 saturated heterocycles. The van der Waals surface area contributed by atoms with Crippen LogP contribution in [0.2, 0.25) is 0 Å². The van der Waals surface area contributed by atoms with Crippen LogP contribution in [0.25, 0.3) is 0 Å². The first-order chi connectivity index (χ1) is 11.3. The van der Waals surface area contributed by atoms with Gasteiger partial charge in [-0.2, -0.15) is 0 Å². The van der Waals surface area contributed by atoms with Gasteiger partial charge in [0.1, 0.15) is 11.9 Å². The highest BCUT2D eigenvalue weighted by atomic mass is 16.5. The van der Waals surface area contributed by atoms with Gasteiger partial charge >= 0.3 is 5.97 Å². The lowest BCUT2D eigenvalue weighted by molar-refractivity contribution is -0.159. The maximum absolute atomic E-state index is 12.1. The fourth-order valence-corrected chi connectivity index (χ4v) is 7.34. The third kappa shape index (κ3) is 2.45. The molecule has 0 heterocycles. The molecule has 134 valence electrons. The summed E-state index contributed by atoms with van der Waals surface area (Å²) >= 11 is 0. The number of fused-ring (bicyclic) bond motifs is 5. The van der Waals surface area contributed by atoms with Gasteiger partial charge in [0.15, 0.2) is 0 Å². The molecule has 4 fully saturated rings. The molecule has 0 bridgehead atoms. The molecule has 7 atom stereocenters. The largest absolute Gasteiger partial charge is 0.463 e. The molecule has 3 nitrogen and oxygen atoms in total. The quantitative estimate of drug-likeness (QED) is 0.663. The van der Waals surface area contributed by atoms with Crippen LogP contribution in [0, 0.1) is 34.5 Å². The van der Waals surface area contributed by atoms with Crippen LogP contribution in [0.15, 0.2) is 0 Å². The Morgan fingerprint density at radius 1 is 1.08 bits per heavy atom. The molecular formula is C21H32O3. The van der Waals surface area contributed by atoms with Gasteiger partial charge in [-0.1, -0.05) is 13.8 Å². The van der Waals surface area contributed by atoms with E-state index in [1.54, 1.807) is 0 Å². The van der Waals surface area contributed by atoms with Crippen molar-refractivity contribution in [3.63, 3.8) is 0 Å². The van der Waals surface area contributed by atoms with Gasteiger partial charge in [-0.05, 0) is 79.4 Å². The first-order valence-corrected chi connectivity index (χ1v) is 10.0. The third-order valence-corrected chi connectivity index (χ3v) is 8.52. The number of hydrogen-bond donors (Lipinski definition) is 0. The second-order valence-corrected chi connectivity index (χ2v) is 9.78. The number of carbonyl (C=O) groups is 2. The van der Waals surface area contributed by atoms with Crippen molar-refractivity contribution < 1.29 is 14.3 Å². The highest BCUT2D eigenvalue weighted by molar-refractivity contribution is 5.82. The highest BCUT2D eigenvalue weighted by Crippen LogP contribution is 2.65. The second kappa shape index (κ2) is 5.57. The van der Waals surface area contributed by atoms with Crippen molar-refractivity contribution in [2.24, 2.45) is 34.5 Å². The highest BCUT2D eigenvalue weighted by Gasteiger charge is 2.59. The molecule has 0 aliphatic heterocycles. The minimum Gasteiger partial charge on any atom is -0.463 e. The van der Waals surface area contributed by atoms with Crippen LogP contribution in [-0.4, -0.2) is 17.9 Å². The SMILES string of the molecule is CC(=O)O[C@H]1CC[C@]2(C)[C@H](CC[C@@H]3[C@H]4CC(=O)C[C@]4(C)CC[C@H]32)C1. The minimum absolute atomic E-state index is 0.129. The molecule has 4 aliphatic carbocycles. The molecule has 0 aromatic heterocycles. The number of hydrogen-bond acceptors (Lipinski definition) is 3. The molecule has 0 aromatic rings. The third-order valence-electron chi connectivity index (χ3n) is 8.52. The fraction of sp³-hybridized carbons (Fsp3) is 0.905. The van der Waals surface area contributed by atoms with Crippen LogP contribution in [0.5, 0.6) is 0 Å². The number of ether oxygens (including phenoxy) is 1. The molecule has 0 amide bonds. The van der Waals surface area contributed by atoms with Gasteiger partial charge in [0.05, 0.1) is 0 Å². The molecule has 0 spiro atoms. The van der Waals surface area contributed by atoms with E-state index in [1.807, 2.05) is 0 Å². The van der Waals surface area contributed by atoms with Crippen molar-refractivity contribution >= 4 is 11.8 Å². The van der Waals surface area contributed by atoms with E-state index in [1.165, 1.54) is 39.0 Å². The van der Waals surface area contributed by atoms with E-state index < -0.39 is 0 Å². The lowest BCUT2D eigenvalue weighted by Gasteiger charge is -2.60. The molecule has 4 aliphatic rings. The molecule has 4 saturated carbocycles. The van der Waals surface area contributed by atoms with Crippen LogP contribution in [0.4, 0.5) is 0 Å². The van der Waals surface area contributed by atoms with Gasteiger partial charge < -0.3 is 4.74 Å². The molecule has 0 unspecified atom stereocenters. The number of carbonyl (C=O) groups excluding carboxylic acids is 2. The number of rotatable bonds is 1. The van der Waals surface area contributed by atoms with Crippen molar-refractivity contribution in [3.8, 4) is 0 Å². The Morgan fingerprint density at radius 2 is 1.88 bits per heavy atom. The zero-order valence-corrected chi connectivity index (χ0v) is 15.5. The molecule has 0 radical (unpaired) electrons. The number of ketones is 1. The van der Waals surface area contributed by atoms with E-state index in [0.717, 1.165) is 37.5 Å². The van der Waals surface area contributed by atoms with E-state index in [9.17, 15) is 9.59 Å². The second-order valence-electron chi connectivity index (χ2n) is 9.78. The molecule has 4 rings (SSSR count). The predicted molar refractivity (Wildman–Crippen MR) is 92.3 cm³/mol.